The Kier molecular flexibility index (Phi) is 6.58. The predicted molar refractivity (Wildman–Crippen MR) is 112 cm³/mol. The molecule has 156 valence electrons. The van der Waals surface area contributed by atoms with E-state index < -0.39 is 0 Å². The smallest absolute Gasteiger partial charge is 0.273 e. The number of para-hydroxylation sites is 1. The van der Waals surface area contributed by atoms with E-state index in [1.807, 2.05) is 36.4 Å². The van der Waals surface area contributed by atoms with Crippen LogP contribution in [0.1, 0.15) is 15.9 Å². The van der Waals surface area contributed by atoms with Crippen molar-refractivity contribution in [2.75, 3.05) is 39.6 Å². The Morgan fingerprint density at radius 3 is 2.53 bits per heavy atom. The van der Waals surface area contributed by atoms with Crippen molar-refractivity contribution in [3.63, 3.8) is 0 Å². The van der Waals surface area contributed by atoms with Crippen LogP contribution in [0.5, 0.6) is 11.5 Å². The number of benzene rings is 2. The van der Waals surface area contributed by atoms with E-state index in [1.165, 1.54) is 0 Å². The highest BCUT2D eigenvalue weighted by Gasteiger charge is 2.10. The average Bonchev–Trinajstić information content (AvgIpc) is 3.23. The van der Waals surface area contributed by atoms with Crippen LogP contribution in [0.3, 0.4) is 0 Å². The largest absolute Gasteiger partial charge is 0.487 e. The van der Waals surface area contributed by atoms with Crippen molar-refractivity contribution in [1.29, 1.82) is 0 Å². The second-order valence-electron chi connectivity index (χ2n) is 6.57. The molecule has 1 aliphatic heterocycles. The maximum absolute atomic E-state index is 12.5. The van der Waals surface area contributed by atoms with E-state index in [2.05, 4.69) is 15.5 Å². The van der Waals surface area contributed by atoms with Crippen molar-refractivity contribution >= 4 is 23.0 Å². The molecule has 1 aliphatic rings. The summed E-state index contributed by atoms with van der Waals surface area (Å²) in [5.41, 5.74) is 4.64. The Hall–Kier alpha value is -3.36. The monoisotopic (exact) mass is 409 g/mol. The van der Waals surface area contributed by atoms with E-state index in [9.17, 15) is 4.79 Å². The van der Waals surface area contributed by atoms with Crippen LogP contribution < -0.4 is 14.9 Å². The van der Waals surface area contributed by atoms with E-state index in [1.54, 1.807) is 18.5 Å². The molecule has 0 unspecified atom stereocenters. The molecule has 0 saturated heterocycles. The molecule has 2 aromatic carbocycles. The predicted octanol–water partition coefficient (Wildman–Crippen LogP) is 2.74. The van der Waals surface area contributed by atoms with Crippen LogP contribution in [0.4, 0.5) is 0 Å². The number of amides is 1. The minimum absolute atomic E-state index is 0.290. The molecule has 0 fully saturated rings. The molecule has 0 spiro atoms. The molecule has 0 radical (unpaired) electrons. The summed E-state index contributed by atoms with van der Waals surface area (Å²) < 4.78 is 22.4. The summed E-state index contributed by atoms with van der Waals surface area (Å²) in [6.07, 6.45) is 3.36. The third-order valence-electron chi connectivity index (χ3n) is 4.52. The van der Waals surface area contributed by atoms with Crippen molar-refractivity contribution < 1.29 is 23.7 Å². The summed E-state index contributed by atoms with van der Waals surface area (Å²) in [6, 6.07) is 12.9. The average molecular weight is 409 g/mol. The Balaban J connectivity index is 1.43. The maximum Gasteiger partial charge on any atom is 0.273 e. The van der Waals surface area contributed by atoms with Gasteiger partial charge >= 0.3 is 0 Å². The first-order valence-corrected chi connectivity index (χ1v) is 9.76. The normalized spacial score (nSPS) is 15.5. The summed E-state index contributed by atoms with van der Waals surface area (Å²) in [5.74, 6) is 0.923. The molecule has 30 heavy (non-hydrogen) atoms. The van der Waals surface area contributed by atoms with Gasteiger partial charge in [-0.1, -0.05) is 12.1 Å². The fourth-order valence-corrected chi connectivity index (χ4v) is 3.08. The molecule has 0 atom stereocenters. The summed E-state index contributed by atoms with van der Waals surface area (Å²) in [7, 11) is 0. The van der Waals surface area contributed by atoms with Gasteiger partial charge in [0, 0.05) is 11.6 Å². The number of H-pyrrole nitrogens is 1. The van der Waals surface area contributed by atoms with Crippen LogP contribution in [-0.4, -0.2) is 56.7 Å². The van der Waals surface area contributed by atoms with Crippen LogP contribution in [0.25, 0.3) is 10.9 Å². The Bertz CT molecular complexity index is 1030. The molecule has 4 rings (SSSR count). The molecule has 0 aliphatic carbocycles. The maximum atomic E-state index is 12.5. The minimum Gasteiger partial charge on any atom is -0.487 e. The van der Waals surface area contributed by atoms with E-state index in [-0.39, 0.29) is 5.91 Å². The van der Waals surface area contributed by atoms with Gasteiger partial charge in [0.05, 0.1) is 43.7 Å². The number of hydrazone groups is 1. The number of ether oxygens (including phenoxy) is 4. The highest BCUT2D eigenvalue weighted by molar-refractivity contribution is 6.05. The SMILES string of the molecule is O=C(NN=Cc1ccc2c(c1)OCCOCCOCCO2)c1cccc2cc[nH]c12. The van der Waals surface area contributed by atoms with Gasteiger partial charge in [-0.05, 0) is 35.9 Å². The van der Waals surface area contributed by atoms with Gasteiger partial charge in [0.2, 0.25) is 0 Å². The molecule has 1 aromatic heterocycles. The molecule has 2 N–H and O–H groups in total. The molecule has 1 amide bonds. The van der Waals surface area contributed by atoms with E-state index >= 15 is 0 Å². The standard InChI is InChI=1S/C22H23N3O5/c26-22(18-3-1-2-17-6-7-23-21(17)18)25-24-15-16-4-5-19-20(14-16)30-13-11-28-9-8-27-10-12-29-19/h1-7,14-15,23H,8-13H2,(H,25,26). The van der Waals surface area contributed by atoms with Gasteiger partial charge in [-0.2, -0.15) is 5.10 Å². The molecular formula is C22H23N3O5. The first kappa shape index (κ1) is 19.9. The zero-order valence-electron chi connectivity index (χ0n) is 16.4. The number of nitrogens with one attached hydrogen (secondary N) is 2. The third-order valence-corrected chi connectivity index (χ3v) is 4.52. The highest BCUT2D eigenvalue weighted by Crippen LogP contribution is 2.28. The van der Waals surface area contributed by atoms with Crippen molar-refractivity contribution in [2.45, 2.75) is 0 Å². The van der Waals surface area contributed by atoms with E-state index in [0.717, 1.165) is 16.5 Å². The summed E-state index contributed by atoms with van der Waals surface area (Å²) >= 11 is 0. The van der Waals surface area contributed by atoms with E-state index in [4.69, 9.17) is 18.9 Å². The van der Waals surface area contributed by atoms with Gasteiger partial charge in [0.15, 0.2) is 11.5 Å². The van der Waals surface area contributed by atoms with Crippen LogP contribution in [0.2, 0.25) is 0 Å². The van der Waals surface area contributed by atoms with Crippen LogP contribution in [0, 0.1) is 0 Å². The number of nitrogens with zero attached hydrogens (tertiary/aromatic N) is 1. The van der Waals surface area contributed by atoms with Crippen molar-refractivity contribution in [3.8, 4) is 11.5 Å². The van der Waals surface area contributed by atoms with Crippen molar-refractivity contribution in [2.24, 2.45) is 5.10 Å². The Morgan fingerprint density at radius 1 is 0.933 bits per heavy atom. The van der Waals surface area contributed by atoms with Gasteiger partial charge in [0.25, 0.3) is 5.91 Å². The fraction of sp³-hybridized carbons (Fsp3) is 0.273. The van der Waals surface area contributed by atoms with Gasteiger partial charge in [0.1, 0.15) is 13.2 Å². The number of aromatic amines is 1. The van der Waals surface area contributed by atoms with Gasteiger partial charge in [-0.25, -0.2) is 5.43 Å². The van der Waals surface area contributed by atoms with Gasteiger partial charge in [-0.3, -0.25) is 4.79 Å². The second kappa shape index (κ2) is 9.91. The molecule has 0 bridgehead atoms. The minimum atomic E-state index is -0.290. The Labute approximate surface area is 173 Å². The van der Waals surface area contributed by atoms with E-state index in [0.29, 0.717) is 56.7 Å². The lowest BCUT2D eigenvalue weighted by atomic mass is 10.1. The summed E-state index contributed by atoms with van der Waals surface area (Å²) in [5, 5.41) is 5.05. The fourth-order valence-electron chi connectivity index (χ4n) is 3.08. The number of hydrogen-bond acceptors (Lipinski definition) is 6. The van der Waals surface area contributed by atoms with Crippen LogP contribution >= 0.6 is 0 Å². The van der Waals surface area contributed by atoms with Crippen molar-refractivity contribution in [1.82, 2.24) is 10.4 Å². The zero-order valence-corrected chi connectivity index (χ0v) is 16.4. The third kappa shape index (κ3) is 4.97. The van der Waals surface area contributed by atoms with Crippen molar-refractivity contribution in [3.05, 3.63) is 59.8 Å². The first-order valence-electron chi connectivity index (χ1n) is 9.76. The lowest BCUT2D eigenvalue weighted by molar-refractivity contribution is 0.0223. The van der Waals surface area contributed by atoms with Gasteiger partial charge in [-0.15, -0.1) is 0 Å². The lowest BCUT2D eigenvalue weighted by Crippen LogP contribution is -2.18. The number of fused-ring (bicyclic) bond motifs is 2. The highest BCUT2D eigenvalue weighted by atomic mass is 16.6. The van der Waals surface area contributed by atoms with Gasteiger partial charge < -0.3 is 23.9 Å². The zero-order chi connectivity index (χ0) is 20.6. The topological polar surface area (TPSA) is 94.2 Å². The molecule has 3 aromatic rings. The molecular weight excluding hydrogens is 386 g/mol. The number of rotatable bonds is 3. The number of aromatic nitrogens is 1. The molecule has 2 heterocycles. The summed E-state index contributed by atoms with van der Waals surface area (Å²) in [4.78, 5) is 15.6. The Morgan fingerprint density at radius 2 is 1.70 bits per heavy atom. The quantitative estimate of drug-likeness (QED) is 0.512. The number of carbonyl (C=O) groups is 1. The van der Waals surface area contributed by atoms with Crippen LogP contribution in [-0.2, 0) is 9.47 Å². The molecule has 8 heteroatoms. The molecule has 0 saturated carbocycles. The first-order chi connectivity index (χ1) is 14.8. The second-order valence-corrected chi connectivity index (χ2v) is 6.57. The molecule has 8 nitrogen and oxygen atoms in total. The number of hydrogen-bond donors (Lipinski definition) is 2. The lowest BCUT2D eigenvalue weighted by Gasteiger charge is -2.15. The number of carbonyl (C=O) groups excluding carboxylic acids is 1. The summed E-state index contributed by atoms with van der Waals surface area (Å²) in [6.45, 7) is 2.82. The van der Waals surface area contributed by atoms with Crippen LogP contribution in [0.15, 0.2) is 53.8 Å².